The number of aryl methyl sites for hydroxylation is 2. The van der Waals surface area contributed by atoms with E-state index >= 15 is 0 Å². The van der Waals surface area contributed by atoms with E-state index in [4.69, 9.17) is 0 Å². The molecule has 1 heteroatoms. The summed E-state index contributed by atoms with van der Waals surface area (Å²) in [5.74, 6) is 0. The van der Waals surface area contributed by atoms with Crippen LogP contribution in [-0.2, 0) is 32.1 Å². The van der Waals surface area contributed by atoms with Gasteiger partial charge in [-0.2, -0.15) is 5.26 Å². The zero-order chi connectivity index (χ0) is 14.3. The van der Waals surface area contributed by atoms with Crippen LogP contribution in [0.3, 0.4) is 0 Å². The van der Waals surface area contributed by atoms with Crippen molar-refractivity contribution in [1.82, 2.24) is 0 Å². The highest BCUT2D eigenvalue weighted by atomic mass is 14.4. The monoisotopic (exact) mass is 273 g/mol. The number of hydrogen-bond donors (Lipinski definition) is 0. The summed E-state index contributed by atoms with van der Waals surface area (Å²) in [4.78, 5) is 0. The van der Waals surface area contributed by atoms with Crippen molar-refractivity contribution >= 4 is 0 Å². The first-order chi connectivity index (χ1) is 10.3. The lowest BCUT2D eigenvalue weighted by Gasteiger charge is -2.20. The van der Waals surface area contributed by atoms with Gasteiger partial charge in [-0.25, -0.2) is 0 Å². The maximum Gasteiger partial charge on any atom is 0.0700 e. The van der Waals surface area contributed by atoms with E-state index in [-0.39, 0.29) is 5.41 Å². The Morgan fingerprint density at radius 1 is 0.905 bits per heavy atom. The molecule has 0 bridgehead atoms. The molecule has 2 aromatic carbocycles. The lowest BCUT2D eigenvalue weighted by atomic mass is 9.80. The van der Waals surface area contributed by atoms with Crippen molar-refractivity contribution < 1.29 is 0 Å². The summed E-state index contributed by atoms with van der Waals surface area (Å²) in [6.45, 7) is 0. The molecule has 2 aromatic rings. The highest BCUT2D eigenvalue weighted by Crippen LogP contribution is 2.39. The van der Waals surface area contributed by atoms with E-state index in [9.17, 15) is 5.26 Å². The molecule has 0 N–H and O–H groups in total. The van der Waals surface area contributed by atoms with Gasteiger partial charge in [-0.1, -0.05) is 42.5 Å². The van der Waals surface area contributed by atoms with Crippen LogP contribution in [0.25, 0.3) is 0 Å². The molecular formula is C20H19N. The van der Waals surface area contributed by atoms with Crippen LogP contribution in [0.2, 0.25) is 0 Å². The lowest BCUT2D eigenvalue weighted by molar-refractivity contribution is 0.418. The first-order valence-electron chi connectivity index (χ1n) is 7.87. The Labute approximate surface area is 126 Å². The van der Waals surface area contributed by atoms with E-state index in [0.29, 0.717) is 0 Å². The van der Waals surface area contributed by atoms with Gasteiger partial charge in [0.2, 0.25) is 0 Å². The first-order valence-corrected chi connectivity index (χ1v) is 7.87. The molecule has 0 aromatic heterocycles. The second-order valence-corrected chi connectivity index (χ2v) is 6.65. The van der Waals surface area contributed by atoms with Crippen molar-refractivity contribution in [3.63, 3.8) is 0 Å². The molecule has 0 atom stereocenters. The van der Waals surface area contributed by atoms with E-state index in [0.717, 1.165) is 19.3 Å². The largest absolute Gasteiger partial charge is 0.198 e. The summed E-state index contributed by atoms with van der Waals surface area (Å²) in [7, 11) is 0. The predicted molar refractivity (Wildman–Crippen MR) is 84.1 cm³/mol. The molecule has 21 heavy (non-hydrogen) atoms. The fourth-order valence-electron chi connectivity index (χ4n) is 4.06. The summed E-state index contributed by atoms with van der Waals surface area (Å²) in [6, 6.07) is 18.0. The smallest absolute Gasteiger partial charge is 0.0700 e. The lowest BCUT2D eigenvalue weighted by Crippen LogP contribution is -2.22. The van der Waals surface area contributed by atoms with Crippen LogP contribution in [0, 0.1) is 16.7 Å². The van der Waals surface area contributed by atoms with Crippen LogP contribution in [0.1, 0.15) is 34.2 Å². The van der Waals surface area contributed by atoms with Crippen LogP contribution < -0.4 is 0 Å². The maximum atomic E-state index is 9.79. The SMILES string of the molecule is N#CC1(Cc2ccc3c(c2)CCC3)Cc2ccccc2C1. The summed E-state index contributed by atoms with van der Waals surface area (Å²) in [5.41, 5.74) is 6.84. The van der Waals surface area contributed by atoms with Crippen molar-refractivity contribution in [1.29, 1.82) is 5.26 Å². The van der Waals surface area contributed by atoms with Crippen LogP contribution >= 0.6 is 0 Å². The third-order valence-corrected chi connectivity index (χ3v) is 5.12. The Morgan fingerprint density at radius 3 is 2.33 bits per heavy atom. The molecule has 2 aliphatic rings. The fourth-order valence-corrected chi connectivity index (χ4v) is 4.06. The van der Waals surface area contributed by atoms with Crippen LogP contribution in [-0.4, -0.2) is 0 Å². The molecule has 0 spiro atoms. The van der Waals surface area contributed by atoms with Gasteiger partial charge in [-0.05, 0) is 66.3 Å². The van der Waals surface area contributed by atoms with Crippen molar-refractivity contribution in [2.24, 2.45) is 5.41 Å². The van der Waals surface area contributed by atoms with Crippen molar-refractivity contribution in [2.45, 2.75) is 38.5 Å². The van der Waals surface area contributed by atoms with E-state index in [2.05, 4.69) is 48.5 Å². The number of nitriles is 1. The Bertz CT molecular complexity index is 711. The van der Waals surface area contributed by atoms with E-state index in [1.54, 1.807) is 0 Å². The highest BCUT2D eigenvalue weighted by molar-refractivity contribution is 5.40. The standard InChI is InChI=1S/C20H19N/c21-14-20(12-18-4-1-2-5-19(18)13-20)11-15-8-9-16-6-3-7-17(16)10-15/h1-2,4-5,8-10H,3,6-7,11-13H2. The fraction of sp³-hybridized carbons (Fsp3) is 0.350. The van der Waals surface area contributed by atoms with E-state index in [1.165, 1.54) is 47.1 Å². The van der Waals surface area contributed by atoms with Gasteiger partial charge < -0.3 is 0 Å². The van der Waals surface area contributed by atoms with Gasteiger partial charge in [-0.15, -0.1) is 0 Å². The van der Waals surface area contributed by atoms with Crippen LogP contribution in [0.5, 0.6) is 0 Å². The van der Waals surface area contributed by atoms with Gasteiger partial charge in [0.15, 0.2) is 0 Å². The predicted octanol–water partition coefficient (Wildman–Crippen LogP) is 4.03. The molecule has 0 radical (unpaired) electrons. The molecule has 0 saturated carbocycles. The first kappa shape index (κ1) is 12.7. The average molecular weight is 273 g/mol. The third kappa shape index (κ3) is 2.16. The quantitative estimate of drug-likeness (QED) is 0.810. The van der Waals surface area contributed by atoms with Gasteiger partial charge in [0.25, 0.3) is 0 Å². The second kappa shape index (κ2) is 4.74. The molecule has 0 unspecified atom stereocenters. The van der Waals surface area contributed by atoms with E-state index in [1.807, 2.05) is 0 Å². The number of fused-ring (bicyclic) bond motifs is 2. The van der Waals surface area contributed by atoms with Crippen molar-refractivity contribution in [2.75, 3.05) is 0 Å². The highest BCUT2D eigenvalue weighted by Gasteiger charge is 2.37. The molecular weight excluding hydrogens is 254 g/mol. The molecule has 0 fully saturated rings. The minimum Gasteiger partial charge on any atom is -0.198 e. The number of benzene rings is 2. The van der Waals surface area contributed by atoms with Crippen molar-refractivity contribution in [3.05, 3.63) is 70.3 Å². The number of nitrogens with zero attached hydrogens (tertiary/aromatic N) is 1. The van der Waals surface area contributed by atoms with Crippen molar-refractivity contribution in [3.8, 4) is 6.07 Å². The molecule has 0 saturated heterocycles. The second-order valence-electron chi connectivity index (χ2n) is 6.65. The molecule has 2 aliphatic carbocycles. The average Bonchev–Trinajstić information content (AvgIpc) is 3.10. The minimum absolute atomic E-state index is 0.240. The Morgan fingerprint density at radius 2 is 1.62 bits per heavy atom. The molecule has 0 heterocycles. The van der Waals surface area contributed by atoms with Gasteiger partial charge in [-0.3, -0.25) is 0 Å². The number of rotatable bonds is 2. The normalized spacial score (nSPS) is 18.0. The van der Waals surface area contributed by atoms with Crippen LogP contribution in [0.15, 0.2) is 42.5 Å². The number of hydrogen-bond acceptors (Lipinski definition) is 1. The minimum atomic E-state index is -0.240. The zero-order valence-corrected chi connectivity index (χ0v) is 12.2. The topological polar surface area (TPSA) is 23.8 Å². The van der Waals surface area contributed by atoms with Crippen LogP contribution in [0.4, 0.5) is 0 Å². The van der Waals surface area contributed by atoms with Gasteiger partial charge in [0.05, 0.1) is 11.5 Å². The molecule has 0 amide bonds. The molecule has 1 nitrogen and oxygen atoms in total. The van der Waals surface area contributed by atoms with E-state index < -0.39 is 0 Å². The van der Waals surface area contributed by atoms with Gasteiger partial charge in [0, 0.05) is 0 Å². The third-order valence-electron chi connectivity index (χ3n) is 5.12. The van der Waals surface area contributed by atoms with Gasteiger partial charge in [0.1, 0.15) is 0 Å². The Hall–Kier alpha value is -2.07. The summed E-state index contributed by atoms with van der Waals surface area (Å²) in [6.07, 6.45) is 6.40. The summed E-state index contributed by atoms with van der Waals surface area (Å²) in [5, 5.41) is 9.79. The summed E-state index contributed by atoms with van der Waals surface area (Å²) < 4.78 is 0. The maximum absolute atomic E-state index is 9.79. The summed E-state index contributed by atoms with van der Waals surface area (Å²) >= 11 is 0. The molecule has 4 rings (SSSR count). The zero-order valence-electron chi connectivity index (χ0n) is 12.2. The Balaban J connectivity index is 1.63. The molecule has 0 aliphatic heterocycles. The molecule has 104 valence electrons. The van der Waals surface area contributed by atoms with Gasteiger partial charge >= 0.3 is 0 Å². The Kier molecular flexibility index (Phi) is 2.86.